The SMILES string of the molecule is NC(=S)NC(=O)[O-]. The Bertz CT molecular complexity index is 89.9. The Morgan fingerprint density at radius 2 is 2.29 bits per heavy atom. The Morgan fingerprint density at radius 3 is 2.29 bits per heavy atom. The highest BCUT2D eigenvalue weighted by molar-refractivity contribution is 7.80. The fourth-order valence-corrected chi connectivity index (χ4v) is 0.184. The minimum Gasteiger partial charge on any atom is -0.530 e. The molecule has 0 aromatic heterocycles. The average molecular weight is 119 g/mol. The minimum atomic E-state index is -1.48. The van der Waals surface area contributed by atoms with Gasteiger partial charge in [0.05, 0.1) is 0 Å². The second-order valence-electron chi connectivity index (χ2n) is 0.777. The highest BCUT2D eigenvalue weighted by Gasteiger charge is 1.80. The molecule has 0 aliphatic heterocycles. The van der Waals surface area contributed by atoms with Crippen LogP contribution in [0.4, 0.5) is 4.79 Å². The third-order valence-corrected chi connectivity index (χ3v) is 0.327. The van der Waals surface area contributed by atoms with Crippen molar-refractivity contribution in [1.82, 2.24) is 5.32 Å². The topological polar surface area (TPSA) is 78.2 Å². The van der Waals surface area contributed by atoms with Crippen LogP contribution in [0.25, 0.3) is 0 Å². The molecule has 0 saturated heterocycles. The normalized spacial score (nSPS) is 7.43. The molecule has 0 spiro atoms. The van der Waals surface area contributed by atoms with Crippen LogP contribution >= 0.6 is 12.2 Å². The third kappa shape index (κ3) is 5.16. The number of thiocarbonyl (C=S) groups is 1. The summed E-state index contributed by atoms with van der Waals surface area (Å²) in [7, 11) is 0. The van der Waals surface area contributed by atoms with Crippen molar-refractivity contribution in [3.05, 3.63) is 0 Å². The Labute approximate surface area is 45.3 Å². The number of carbonyl (C=O) groups excluding carboxylic acids is 1. The Hall–Kier alpha value is -0.840. The van der Waals surface area contributed by atoms with Crippen molar-refractivity contribution < 1.29 is 9.90 Å². The molecule has 0 aliphatic carbocycles. The number of carbonyl (C=O) groups is 1. The predicted octanol–water partition coefficient (Wildman–Crippen LogP) is -1.84. The molecule has 0 bridgehead atoms. The highest BCUT2D eigenvalue weighted by atomic mass is 32.1. The minimum absolute atomic E-state index is 0.292. The number of amides is 1. The fourth-order valence-electron chi connectivity index (χ4n) is 0.101. The first-order valence-corrected chi connectivity index (χ1v) is 1.81. The number of hydrogen-bond acceptors (Lipinski definition) is 3. The zero-order valence-electron chi connectivity index (χ0n) is 3.30. The monoisotopic (exact) mass is 119 g/mol. The van der Waals surface area contributed by atoms with E-state index in [9.17, 15) is 9.90 Å². The van der Waals surface area contributed by atoms with Gasteiger partial charge in [-0.1, -0.05) is 0 Å². The number of rotatable bonds is 0. The molecule has 0 aliphatic rings. The van der Waals surface area contributed by atoms with E-state index in [4.69, 9.17) is 5.73 Å². The predicted molar refractivity (Wildman–Crippen MR) is 25.3 cm³/mol. The molecule has 0 radical (unpaired) electrons. The summed E-state index contributed by atoms with van der Waals surface area (Å²) in [4.78, 5) is 9.42. The van der Waals surface area contributed by atoms with Gasteiger partial charge in [-0.05, 0) is 12.2 Å². The van der Waals surface area contributed by atoms with Crippen molar-refractivity contribution >= 4 is 23.4 Å². The van der Waals surface area contributed by atoms with Crippen LogP contribution in [0.5, 0.6) is 0 Å². The fraction of sp³-hybridized carbons (Fsp3) is 0. The summed E-state index contributed by atoms with van der Waals surface area (Å²) in [5.74, 6) is 0. The first kappa shape index (κ1) is 6.16. The van der Waals surface area contributed by atoms with Crippen molar-refractivity contribution in [2.45, 2.75) is 0 Å². The molecular weight excluding hydrogens is 116 g/mol. The molecule has 7 heavy (non-hydrogen) atoms. The summed E-state index contributed by atoms with van der Waals surface area (Å²) in [6.07, 6.45) is -1.48. The van der Waals surface area contributed by atoms with Gasteiger partial charge in [0.1, 0.15) is 6.09 Å². The van der Waals surface area contributed by atoms with Crippen LogP contribution in [0.15, 0.2) is 0 Å². The van der Waals surface area contributed by atoms with E-state index < -0.39 is 6.09 Å². The zero-order valence-corrected chi connectivity index (χ0v) is 4.12. The van der Waals surface area contributed by atoms with Crippen molar-refractivity contribution in [2.75, 3.05) is 0 Å². The average Bonchev–Trinajstić information content (AvgIpc) is 1.27. The molecule has 0 rings (SSSR count). The molecule has 0 aromatic rings. The molecule has 40 valence electrons. The number of nitrogens with one attached hydrogen (secondary N) is 1. The van der Waals surface area contributed by atoms with Gasteiger partial charge in [-0.25, -0.2) is 0 Å². The molecule has 5 heteroatoms. The number of hydrogen-bond donors (Lipinski definition) is 2. The van der Waals surface area contributed by atoms with Gasteiger partial charge in [-0.2, -0.15) is 0 Å². The molecule has 0 fully saturated rings. The van der Waals surface area contributed by atoms with Crippen molar-refractivity contribution in [2.24, 2.45) is 5.73 Å². The van der Waals surface area contributed by atoms with E-state index in [1.807, 2.05) is 0 Å². The van der Waals surface area contributed by atoms with Crippen LogP contribution in [0, 0.1) is 0 Å². The first-order chi connectivity index (χ1) is 3.13. The van der Waals surface area contributed by atoms with Crippen LogP contribution in [-0.4, -0.2) is 11.2 Å². The van der Waals surface area contributed by atoms with E-state index in [-0.39, 0.29) is 5.11 Å². The van der Waals surface area contributed by atoms with Gasteiger partial charge in [0.2, 0.25) is 0 Å². The molecule has 0 atom stereocenters. The molecule has 0 aromatic carbocycles. The molecule has 4 nitrogen and oxygen atoms in total. The van der Waals surface area contributed by atoms with Gasteiger partial charge in [0.25, 0.3) is 0 Å². The third-order valence-electron chi connectivity index (χ3n) is 0.225. The first-order valence-electron chi connectivity index (χ1n) is 1.40. The summed E-state index contributed by atoms with van der Waals surface area (Å²) in [6, 6.07) is 0. The molecule has 3 N–H and O–H groups in total. The lowest BCUT2D eigenvalue weighted by molar-refractivity contribution is -0.248. The van der Waals surface area contributed by atoms with Crippen LogP contribution in [0.3, 0.4) is 0 Å². The smallest absolute Gasteiger partial charge is 0.169 e. The largest absolute Gasteiger partial charge is 0.530 e. The molecule has 0 unspecified atom stereocenters. The van der Waals surface area contributed by atoms with Crippen LogP contribution in [-0.2, 0) is 0 Å². The lowest BCUT2D eigenvalue weighted by Crippen LogP contribution is -2.43. The Morgan fingerprint density at radius 1 is 1.86 bits per heavy atom. The maximum atomic E-state index is 9.42. The summed E-state index contributed by atoms with van der Waals surface area (Å²) in [5.41, 5.74) is 4.69. The zero-order chi connectivity index (χ0) is 5.86. The molecule has 1 amide bonds. The second-order valence-corrected chi connectivity index (χ2v) is 1.22. The van der Waals surface area contributed by atoms with Gasteiger partial charge in [0.15, 0.2) is 5.11 Å². The van der Waals surface area contributed by atoms with E-state index in [0.717, 1.165) is 0 Å². The van der Waals surface area contributed by atoms with Gasteiger partial charge in [0, 0.05) is 0 Å². The van der Waals surface area contributed by atoms with Crippen LogP contribution in [0.2, 0.25) is 0 Å². The maximum Gasteiger partial charge on any atom is 0.169 e. The van der Waals surface area contributed by atoms with Crippen molar-refractivity contribution in [1.29, 1.82) is 0 Å². The number of carboxylic acid groups (broad SMARTS) is 1. The van der Waals surface area contributed by atoms with E-state index in [1.165, 1.54) is 0 Å². The summed E-state index contributed by atoms with van der Waals surface area (Å²) in [6.45, 7) is 0. The lowest BCUT2D eigenvalue weighted by atomic mass is 11.0. The lowest BCUT2D eigenvalue weighted by Gasteiger charge is -1.99. The maximum absolute atomic E-state index is 9.42. The van der Waals surface area contributed by atoms with Crippen molar-refractivity contribution in [3.63, 3.8) is 0 Å². The van der Waals surface area contributed by atoms with Gasteiger partial charge in [-0.15, -0.1) is 0 Å². The van der Waals surface area contributed by atoms with E-state index in [2.05, 4.69) is 12.2 Å². The summed E-state index contributed by atoms with van der Waals surface area (Å²) < 4.78 is 0. The van der Waals surface area contributed by atoms with Gasteiger partial charge < -0.3 is 21.0 Å². The van der Waals surface area contributed by atoms with Crippen molar-refractivity contribution in [3.8, 4) is 0 Å². The van der Waals surface area contributed by atoms with Crippen LogP contribution in [0.1, 0.15) is 0 Å². The van der Waals surface area contributed by atoms with Crippen LogP contribution < -0.4 is 16.2 Å². The molecule has 0 heterocycles. The summed E-state index contributed by atoms with van der Waals surface area (Å²) >= 11 is 4.12. The second kappa shape index (κ2) is 2.35. The standard InChI is InChI=1S/C2H4N2O2S/c3-1(7)4-2(5)6/h(H,5,6)(H3,3,4,7)/p-1. The van der Waals surface area contributed by atoms with E-state index >= 15 is 0 Å². The highest BCUT2D eigenvalue weighted by Crippen LogP contribution is 1.53. The Balaban J connectivity index is 3.32. The van der Waals surface area contributed by atoms with Gasteiger partial charge >= 0.3 is 0 Å². The van der Waals surface area contributed by atoms with E-state index in [1.54, 1.807) is 5.32 Å². The summed E-state index contributed by atoms with van der Waals surface area (Å²) in [5, 5.41) is 10.7. The molecular formula is C2H3N2O2S-. The molecule has 0 saturated carbocycles. The van der Waals surface area contributed by atoms with E-state index in [0.29, 0.717) is 0 Å². The Kier molecular flexibility index (Phi) is 2.07. The quantitative estimate of drug-likeness (QED) is 0.367. The number of nitrogens with two attached hydrogens (primary N) is 1. The van der Waals surface area contributed by atoms with Gasteiger partial charge in [-0.3, -0.25) is 0 Å².